The minimum Gasteiger partial charge on any atom is -0.379 e. The fourth-order valence-corrected chi connectivity index (χ4v) is 2.44. The third-order valence-electron chi connectivity index (χ3n) is 2.92. The van der Waals surface area contributed by atoms with Crippen molar-refractivity contribution in [2.75, 3.05) is 13.2 Å². The van der Waals surface area contributed by atoms with E-state index in [1.54, 1.807) is 0 Å². The molecule has 1 unspecified atom stereocenters. The molecule has 88 valence electrons. The molecule has 16 heavy (non-hydrogen) atoms. The highest BCUT2D eigenvalue weighted by molar-refractivity contribution is 9.13. The highest BCUT2D eigenvalue weighted by atomic mass is 79.9. The zero-order valence-electron chi connectivity index (χ0n) is 9.22. The van der Waals surface area contributed by atoms with Gasteiger partial charge in [-0.25, -0.2) is 0 Å². The molecule has 0 spiro atoms. The summed E-state index contributed by atoms with van der Waals surface area (Å²) in [5, 5.41) is 3.56. The molecule has 1 aromatic rings. The Balaban J connectivity index is 1.96. The van der Waals surface area contributed by atoms with E-state index in [0.29, 0.717) is 0 Å². The quantitative estimate of drug-likeness (QED) is 0.902. The summed E-state index contributed by atoms with van der Waals surface area (Å²) in [6.07, 6.45) is 1.09. The van der Waals surface area contributed by atoms with Gasteiger partial charge in [0.2, 0.25) is 0 Å². The van der Waals surface area contributed by atoms with Gasteiger partial charge in [-0.3, -0.25) is 0 Å². The molecule has 0 aromatic heterocycles. The minimum atomic E-state index is 0.138. The van der Waals surface area contributed by atoms with E-state index in [1.165, 1.54) is 5.56 Å². The standard InChI is InChI=1S/C12H15Br2NO/c1-12(4-5-16-8-12)15-7-9-2-3-10(13)11(14)6-9/h2-3,6,15H,4-5,7-8H2,1H3. The number of rotatable bonds is 3. The first-order chi connectivity index (χ1) is 7.59. The Labute approximate surface area is 113 Å². The Bertz CT molecular complexity index is 375. The first kappa shape index (κ1) is 12.6. The van der Waals surface area contributed by atoms with Crippen LogP contribution in [0.2, 0.25) is 0 Å². The van der Waals surface area contributed by atoms with Crippen molar-refractivity contribution in [3.63, 3.8) is 0 Å². The number of hydrogen-bond donors (Lipinski definition) is 1. The van der Waals surface area contributed by atoms with Crippen molar-refractivity contribution < 1.29 is 4.74 Å². The first-order valence-corrected chi connectivity index (χ1v) is 6.94. The second kappa shape index (κ2) is 5.17. The Kier molecular flexibility index (Phi) is 4.06. The molecule has 1 atom stereocenters. The van der Waals surface area contributed by atoms with E-state index in [-0.39, 0.29) is 5.54 Å². The van der Waals surface area contributed by atoms with Crippen molar-refractivity contribution in [1.29, 1.82) is 0 Å². The molecular weight excluding hydrogens is 334 g/mol. The van der Waals surface area contributed by atoms with Crippen molar-refractivity contribution in [2.45, 2.75) is 25.4 Å². The maximum absolute atomic E-state index is 5.41. The lowest BCUT2D eigenvalue weighted by Crippen LogP contribution is -2.42. The fraction of sp³-hybridized carbons (Fsp3) is 0.500. The van der Waals surface area contributed by atoms with Crippen molar-refractivity contribution >= 4 is 31.9 Å². The van der Waals surface area contributed by atoms with Crippen LogP contribution in [0, 0.1) is 0 Å². The maximum Gasteiger partial charge on any atom is 0.0646 e. The average Bonchev–Trinajstić information content (AvgIpc) is 2.68. The summed E-state index contributed by atoms with van der Waals surface area (Å²) in [5.74, 6) is 0. The van der Waals surface area contributed by atoms with Crippen LogP contribution in [0.25, 0.3) is 0 Å². The van der Waals surface area contributed by atoms with Gasteiger partial charge >= 0.3 is 0 Å². The minimum absolute atomic E-state index is 0.138. The van der Waals surface area contributed by atoms with Crippen LogP contribution in [0.3, 0.4) is 0 Å². The Morgan fingerprint density at radius 1 is 1.38 bits per heavy atom. The number of halogens is 2. The summed E-state index contributed by atoms with van der Waals surface area (Å²) in [4.78, 5) is 0. The van der Waals surface area contributed by atoms with Crippen LogP contribution in [0.1, 0.15) is 18.9 Å². The molecule has 1 aliphatic heterocycles. The second-order valence-electron chi connectivity index (χ2n) is 4.47. The summed E-state index contributed by atoms with van der Waals surface area (Å²) in [6, 6.07) is 6.33. The van der Waals surface area contributed by atoms with Crippen molar-refractivity contribution in [3.05, 3.63) is 32.7 Å². The lowest BCUT2D eigenvalue weighted by Gasteiger charge is -2.23. The normalized spacial score (nSPS) is 24.9. The largest absolute Gasteiger partial charge is 0.379 e. The molecular formula is C12H15Br2NO. The summed E-state index contributed by atoms with van der Waals surface area (Å²) in [7, 11) is 0. The second-order valence-corrected chi connectivity index (χ2v) is 6.17. The van der Waals surface area contributed by atoms with E-state index in [4.69, 9.17) is 4.74 Å². The zero-order valence-corrected chi connectivity index (χ0v) is 12.4. The third-order valence-corrected chi connectivity index (χ3v) is 4.80. The zero-order chi connectivity index (χ0) is 11.6. The van der Waals surface area contributed by atoms with Gasteiger partial charge in [-0.2, -0.15) is 0 Å². The van der Waals surface area contributed by atoms with Crippen LogP contribution >= 0.6 is 31.9 Å². The predicted octanol–water partition coefficient (Wildman–Crippen LogP) is 3.48. The molecule has 1 aromatic carbocycles. The summed E-state index contributed by atoms with van der Waals surface area (Å²) in [6.45, 7) is 4.78. The van der Waals surface area contributed by atoms with Gasteiger partial charge in [-0.1, -0.05) is 6.07 Å². The Morgan fingerprint density at radius 2 is 2.19 bits per heavy atom. The molecule has 1 N–H and O–H groups in total. The van der Waals surface area contributed by atoms with E-state index in [0.717, 1.165) is 35.1 Å². The Morgan fingerprint density at radius 3 is 2.81 bits per heavy atom. The molecule has 0 radical (unpaired) electrons. The van der Waals surface area contributed by atoms with Crippen molar-refractivity contribution in [1.82, 2.24) is 5.32 Å². The molecule has 1 fully saturated rings. The molecule has 1 aliphatic rings. The van der Waals surface area contributed by atoms with Gasteiger partial charge in [0.15, 0.2) is 0 Å². The summed E-state index contributed by atoms with van der Waals surface area (Å²) in [5.41, 5.74) is 1.42. The van der Waals surface area contributed by atoms with Crippen LogP contribution in [-0.4, -0.2) is 18.8 Å². The van der Waals surface area contributed by atoms with Crippen LogP contribution in [-0.2, 0) is 11.3 Å². The predicted molar refractivity (Wildman–Crippen MR) is 72.5 cm³/mol. The summed E-state index contributed by atoms with van der Waals surface area (Å²) >= 11 is 6.98. The van der Waals surface area contributed by atoms with E-state index in [1.807, 2.05) is 0 Å². The van der Waals surface area contributed by atoms with Crippen molar-refractivity contribution in [3.8, 4) is 0 Å². The molecule has 0 bridgehead atoms. The van der Waals surface area contributed by atoms with Gasteiger partial charge in [0.1, 0.15) is 0 Å². The van der Waals surface area contributed by atoms with Gasteiger partial charge in [-0.05, 0) is 62.9 Å². The van der Waals surface area contributed by atoms with Crippen molar-refractivity contribution in [2.24, 2.45) is 0 Å². The monoisotopic (exact) mass is 347 g/mol. The topological polar surface area (TPSA) is 21.3 Å². The van der Waals surface area contributed by atoms with Crippen LogP contribution in [0.5, 0.6) is 0 Å². The SMILES string of the molecule is CC1(NCc2ccc(Br)c(Br)c2)CCOC1. The van der Waals surface area contributed by atoms with Crippen LogP contribution in [0.4, 0.5) is 0 Å². The van der Waals surface area contributed by atoms with Gasteiger partial charge in [0.25, 0.3) is 0 Å². The van der Waals surface area contributed by atoms with Crippen LogP contribution in [0.15, 0.2) is 27.1 Å². The highest BCUT2D eigenvalue weighted by Crippen LogP contribution is 2.24. The first-order valence-electron chi connectivity index (χ1n) is 5.36. The summed E-state index contributed by atoms with van der Waals surface area (Å²) < 4.78 is 7.60. The highest BCUT2D eigenvalue weighted by Gasteiger charge is 2.28. The number of ether oxygens (including phenoxy) is 1. The molecule has 1 heterocycles. The van der Waals surface area contributed by atoms with E-state index in [9.17, 15) is 0 Å². The van der Waals surface area contributed by atoms with E-state index >= 15 is 0 Å². The molecule has 4 heteroatoms. The third kappa shape index (κ3) is 3.06. The molecule has 0 amide bonds. The fourth-order valence-electron chi connectivity index (χ4n) is 1.77. The van der Waals surface area contributed by atoms with Gasteiger partial charge in [0, 0.05) is 27.6 Å². The molecule has 0 aliphatic carbocycles. The average molecular weight is 349 g/mol. The van der Waals surface area contributed by atoms with Gasteiger partial charge < -0.3 is 10.1 Å². The van der Waals surface area contributed by atoms with Gasteiger partial charge in [0.05, 0.1) is 6.61 Å². The van der Waals surface area contributed by atoms with Crippen LogP contribution < -0.4 is 5.32 Å². The number of nitrogens with one attached hydrogen (secondary N) is 1. The van der Waals surface area contributed by atoms with Gasteiger partial charge in [-0.15, -0.1) is 0 Å². The lowest BCUT2D eigenvalue weighted by atomic mass is 10.0. The van der Waals surface area contributed by atoms with E-state index in [2.05, 4.69) is 62.3 Å². The smallest absolute Gasteiger partial charge is 0.0646 e. The number of hydrogen-bond acceptors (Lipinski definition) is 2. The lowest BCUT2D eigenvalue weighted by molar-refractivity contribution is 0.171. The van der Waals surface area contributed by atoms with E-state index < -0.39 is 0 Å². The molecule has 0 saturated carbocycles. The Hall–Kier alpha value is 0.1000. The number of benzene rings is 1. The maximum atomic E-state index is 5.41. The molecule has 2 nitrogen and oxygen atoms in total. The molecule has 2 rings (SSSR count). The molecule has 1 saturated heterocycles.